The van der Waals surface area contributed by atoms with Crippen LogP contribution in [0.1, 0.15) is 0 Å². The molecule has 0 radical (unpaired) electrons. The van der Waals surface area contributed by atoms with Crippen LogP contribution in [0.2, 0.25) is 5.02 Å². The van der Waals surface area contributed by atoms with E-state index < -0.39 is 5.69 Å². The Labute approximate surface area is 106 Å². The minimum Gasteiger partial charge on any atom is -0.382 e. The largest absolute Gasteiger partial charge is 0.382 e. The standard InChI is InChI=1S/C11H8ClN5O/c12-6-3-1-5(2-4-6)9-14-7-8(13)15-11(18)17-10(7)16-9/h1-4H,(H4,13,14,15,16,17,18). The van der Waals surface area contributed by atoms with Crippen LogP contribution in [0.4, 0.5) is 5.82 Å². The molecule has 0 fully saturated rings. The molecule has 4 N–H and O–H groups in total. The average molecular weight is 262 g/mol. The molecule has 1 aromatic carbocycles. The van der Waals surface area contributed by atoms with Crippen LogP contribution in [-0.2, 0) is 0 Å². The van der Waals surface area contributed by atoms with Crippen molar-refractivity contribution in [1.29, 1.82) is 0 Å². The number of hydrogen-bond acceptors (Lipinski definition) is 4. The van der Waals surface area contributed by atoms with E-state index in [9.17, 15) is 4.79 Å². The summed E-state index contributed by atoms with van der Waals surface area (Å²) in [5, 5.41) is 0.643. The number of H-pyrrole nitrogens is 2. The highest BCUT2D eigenvalue weighted by molar-refractivity contribution is 6.30. The number of nitrogens with zero attached hydrogens (tertiary/aromatic N) is 2. The van der Waals surface area contributed by atoms with Crippen molar-refractivity contribution < 1.29 is 0 Å². The first kappa shape index (κ1) is 10.8. The molecular formula is C11H8ClN5O. The Kier molecular flexibility index (Phi) is 2.31. The maximum absolute atomic E-state index is 11.2. The lowest BCUT2D eigenvalue weighted by Crippen LogP contribution is -2.12. The second-order valence-electron chi connectivity index (χ2n) is 3.74. The fraction of sp³-hybridized carbons (Fsp3) is 0. The molecule has 0 atom stereocenters. The lowest BCUT2D eigenvalue weighted by Gasteiger charge is -1.95. The average Bonchev–Trinajstić information content (AvgIpc) is 2.74. The Morgan fingerprint density at radius 1 is 1.11 bits per heavy atom. The molecule has 0 aliphatic carbocycles. The molecule has 0 aliphatic heterocycles. The van der Waals surface area contributed by atoms with Crippen LogP contribution in [0.25, 0.3) is 22.6 Å². The quantitative estimate of drug-likeness (QED) is 0.619. The Morgan fingerprint density at radius 3 is 2.56 bits per heavy atom. The van der Waals surface area contributed by atoms with Crippen molar-refractivity contribution in [2.24, 2.45) is 0 Å². The van der Waals surface area contributed by atoms with E-state index in [4.69, 9.17) is 17.3 Å². The van der Waals surface area contributed by atoms with Gasteiger partial charge >= 0.3 is 5.69 Å². The zero-order chi connectivity index (χ0) is 12.7. The molecule has 2 heterocycles. The maximum atomic E-state index is 11.2. The molecule has 2 aromatic heterocycles. The third-order valence-electron chi connectivity index (χ3n) is 2.52. The van der Waals surface area contributed by atoms with Crippen LogP contribution in [0, 0.1) is 0 Å². The summed E-state index contributed by atoms with van der Waals surface area (Å²) in [6, 6.07) is 7.16. The Balaban J connectivity index is 2.22. The van der Waals surface area contributed by atoms with Crippen LogP contribution in [0.5, 0.6) is 0 Å². The van der Waals surface area contributed by atoms with E-state index in [0.717, 1.165) is 5.56 Å². The third kappa shape index (κ3) is 1.72. The summed E-state index contributed by atoms with van der Waals surface area (Å²) in [7, 11) is 0. The molecule has 3 aromatic rings. The molecule has 0 bridgehead atoms. The fourth-order valence-electron chi connectivity index (χ4n) is 1.69. The van der Waals surface area contributed by atoms with Gasteiger partial charge in [0.05, 0.1) is 0 Å². The second kappa shape index (κ2) is 3.85. The molecular weight excluding hydrogens is 254 g/mol. The van der Waals surface area contributed by atoms with Gasteiger partial charge in [-0.3, -0.25) is 4.98 Å². The van der Waals surface area contributed by atoms with Gasteiger partial charge in [-0.1, -0.05) is 11.6 Å². The smallest absolute Gasteiger partial charge is 0.348 e. The van der Waals surface area contributed by atoms with Crippen LogP contribution in [0.3, 0.4) is 0 Å². The molecule has 6 nitrogen and oxygen atoms in total. The van der Waals surface area contributed by atoms with E-state index >= 15 is 0 Å². The first-order valence-corrected chi connectivity index (χ1v) is 5.53. The molecule has 0 saturated heterocycles. The number of aromatic nitrogens is 4. The lowest BCUT2D eigenvalue weighted by molar-refractivity contribution is 1.11. The van der Waals surface area contributed by atoms with Crippen molar-refractivity contribution in [2.75, 3.05) is 5.73 Å². The van der Waals surface area contributed by atoms with E-state index in [2.05, 4.69) is 19.9 Å². The van der Waals surface area contributed by atoms with Crippen LogP contribution in [-0.4, -0.2) is 19.9 Å². The maximum Gasteiger partial charge on any atom is 0.348 e. The number of nitrogens with two attached hydrogens (primary N) is 1. The van der Waals surface area contributed by atoms with Crippen molar-refractivity contribution in [3.05, 3.63) is 39.8 Å². The number of hydrogen-bond donors (Lipinski definition) is 3. The van der Waals surface area contributed by atoms with Gasteiger partial charge in [-0.25, -0.2) is 9.78 Å². The van der Waals surface area contributed by atoms with Gasteiger partial charge in [0.15, 0.2) is 11.5 Å². The second-order valence-corrected chi connectivity index (χ2v) is 4.18. The highest BCUT2D eigenvalue weighted by atomic mass is 35.5. The van der Waals surface area contributed by atoms with Crippen molar-refractivity contribution in [3.8, 4) is 11.4 Å². The monoisotopic (exact) mass is 261 g/mol. The Morgan fingerprint density at radius 2 is 1.83 bits per heavy atom. The molecule has 0 unspecified atom stereocenters. The summed E-state index contributed by atoms with van der Waals surface area (Å²) < 4.78 is 0. The number of fused-ring (bicyclic) bond motifs is 1. The summed E-state index contributed by atoms with van der Waals surface area (Å²) in [5.74, 6) is 0.721. The topological polar surface area (TPSA) is 100 Å². The van der Waals surface area contributed by atoms with E-state index in [1.165, 1.54) is 0 Å². The van der Waals surface area contributed by atoms with Gasteiger partial charge in [-0.2, -0.15) is 4.98 Å². The van der Waals surface area contributed by atoms with Gasteiger partial charge in [0.1, 0.15) is 11.3 Å². The highest BCUT2D eigenvalue weighted by Crippen LogP contribution is 2.22. The summed E-state index contributed by atoms with van der Waals surface area (Å²) >= 11 is 5.82. The van der Waals surface area contributed by atoms with Crippen LogP contribution < -0.4 is 11.4 Å². The Bertz CT molecular complexity index is 774. The first-order chi connectivity index (χ1) is 8.63. The van der Waals surface area contributed by atoms with Crippen molar-refractivity contribution in [3.63, 3.8) is 0 Å². The normalized spacial score (nSPS) is 10.9. The number of rotatable bonds is 1. The number of anilines is 1. The van der Waals surface area contributed by atoms with E-state index in [1.54, 1.807) is 12.1 Å². The third-order valence-corrected chi connectivity index (χ3v) is 2.78. The molecule has 0 saturated carbocycles. The lowest BCUT2D eigenvalue weighted by atomic mass is 10.2. The number of aromatic amines is 2. The van der Waals surface area contributed by atoms with Crippen molar-refractivity contribution in [1.82, 2.24) is 19.9 Å². The summed E-state index contributed by atoms with van der Waals surface area (Å²) in [4.78, 5) is 24.6. The van der Waals surface area contributed by atoms with Gasteiger partial charge in [0, 0.05) is 10.6 Å². The minimum atomic E-state index is -0.519. The zero-order valence-corrected chi connectivity index (χ0v) is 9.82. The van der Waals surface area contributed by atoms with Crippen LogP contribution in [0.15, 0.2) is 29.1 Å². The van der Waals surface area contributed by atoms with Gasteiger partial charge < -0.3 is 10.7 Å². The van der Waals surface area contributed by atoms with Crippen LogP contribution >= 0.6 is 11.6 Å². The van der Waals surface area contributed by atoms with E-state index in [0.29, 0.717) is 22.0 Å². The SMILES string of the molecule is Nc1nc(=O)[nH]c2nc(-c3ccc(Cl)cc3)[nH]c12. The zero-order valence-electron chi connectivity index (χ0n) is 9.07. The van der Waals surface area contributed by atoms with Crippen molar-refractivity contribution >= 4 is 28.6 Å². The predicted molar refractivity (Wildman–Crippen MR) is 69.4 cm³/mol. The molecule has 18 heavy (non-hydrogen) atoms. The minimum absolute atomic E-state index is 0.126. The van der Waals surface area contributed by atoms with E-state index in [1.807, 2.05) is 12.1 Å². The number of nitrogen functional groups attached to an aromatic ring is 1. The number of benzene rings is 1. The number of imidazole rings is 1. The first-order valence-electron chi connectivity index (χ1n) is 5.15. The molecule has 0 spiro atoms. The number of nitrogens with one attached hydrogen (secondary N) is 2. The van der Waals surface area contributed by atoms with Gasteiger partial charge in [0.25, 0.3) is 0 Å². The summed E-state index contributed by atoms with van der Waals surface area (Å²) in [5.41, 5.74) is 6.87. The summed E-state index contributed by atoms with van der Waals surface area (Å²) in [6.07, 6.45) is 0. The van der Waals surface area contributed by atoms with Gasteiger partial charge in [-0.15, -0.1) is 0 Å². The molecule has 90 valence electrons. The van der Waals surface area contributed by atoms with Crippen molar-refractivity contribution in [2.45, 2.75) is 0 Å². The summed E-state index contributed by atoms with van der Waals surface area (Å²) in [6.45, 7) is 0. The van der Waals surface area contributed by atoms with Gasteiger partial charge in [-0.05, 0) is 24.3 Å². The molecule has 0 amide bonds. The Hall–Kier alpha value is -2.34. The predicted octanol–water partition coefficient (Wildman–Crippen LogP) is 1.55. The highest BCUT2D eigenvalue weighted by Gasteiger charge is 2.09. The van der Waals surface area contributed by atoms with E-state index in [-0.39, 0.29) is 5.82 Å². The van der Waals surface area contributed by atoms with Gasteiger partial charge in [0.2, 0.25) is 0 Å². The number of halogens is 1. The molecule has 7 heteroatoms. The fourth-order valence-corrected chi connectivity index (χ4v) is 1.81. The molecule has 3 rings (SSSR count). The molecule has 0 aliphatic rings.